The summed E-state index contributed by atoms with van der Waals surface area (Å²) >= 11 is 1.17. The van der Waals surface area contributed by atoms with Gasteiger partial charge in [-0.1, -0.05) is 12.1 Å². The van der Waals surface area contributed by atoms with E-state index < -0.39 is 6.10 Å². The van der Waals surface area contributed by atoms with Crippen molar-refractivity contribution in [1.82, 2.24) is 10.3 Å². The standard InChI is InChI=1S/C16H19N3O3S/c1-9(12-5-4-6-13(7-12)19-11(3)21)18-15(22)14-8-17-16(23-14)10(2)20/h4-10,20H,1-3H3,(H,18,22)(H,19,21)/t9-,10+/m1/s1. The molecule has 0 aliphatic heterocycles. The average Bonchev–Trinajstić information content (AvgIpc) is 2.97. The lowest BCUT2D eigenvalue weighted by atomic mass is 10.1. The maximum Gasteiger partial charge on any atom is 0.263 e. The van der Waals surface area contributed by atoms with Crippen LogP contribution < -0.4 is 10.6 Å². The predicted octanol–water partition coefficient (Wildman–Crippen LogP) is 2.65. The van der Waals surface area contributed by atoms with E-state index >= 15 is 0 Å². The van der Waals surface area contributed by atoms with E-state index in [0.717, 1.165) is 5.56 Å². The van der Waals surface area contributed by atoms with E-state index in [1.807, 2.05) is 25.1 Å². The summed E-state index contributed by atoms with van der Waals surface area (Å²) in [7, 11) is 0. The van der Waals surface area contributed by atoms with Gasteiger partial charge in [0.1, 0.15) is 16.0 Å². The monoisotopic (exact) mass is 333 g/mol. The van der Waals surface area contributed by atoms with Crippen LogP contribution in [-0.2, 0) is 4.79 Å². The number of hydrogen-bond acceptors (Lipinski definition) is 5. The number of carbonyl (C=O) groups excluding carboxylic acids is 2. The Morgan fingerprint density at radius 3 is 2.65 bits per heavy atom. The Hall–Kier alpha value is -2.25. The summed E-state index contributed by atoms with van der Waals surface area (Å²) in [6, 6.07) is 7.08. The van der Waals surface area contributed by atoms with Crippen molar-refractivity contribution < 1.29 is 14.7 Å². The molecular weight excluding hydrogens is 314 g/mol. The van der Waals surface area contributed by atoms with Gasteiger partial charge in [-0.05, 0) is 31.5 Å². The van der Waals surface area contributed by atoms with Crippen LogP contribution in [0.2, 0.25) is 0 Å². The van der Waals surface area contributed by atoms with E-state index in [2.05, 4.69) is 15.6 Å². The van der Waals surface area contributed by atoms with Crippen LogP contribution in [0, 0.1) is 0 Å². The van der Waals surface area contributed by atoms with Gasteiger partial charge in [-0.3, -0.25) is 9.59 Å². The number of carbonyl (C=O) groups is 2. The van der Waals surface area contributed by atoms with Crippen LogP contribution in [0.1, 0.15) is 53.2 Å². The summed E-state index contributed by atoms with van der Waals surface area (Å²) in [5.41, 5.74) is 1.56. The van der Waals surface area contributed by atoms with Crippen LogP contribution in [0.15, 0.2) is 30.5 Å². The maximum absolute atomic E-state index is 12.2. The lowest BCUT2D eigenvalue weighted by molar-refractivity contribution is -0.114. The topological polar surface area (TPSA) is 91.3 Å². The number of hydrogen-bond donors (Lipinski definition) is 3. The zero-order valence-electron chi connectivity index (χ0n) is 13.2. The van der Waals surface area contributed by atoms with Gasteiger partial charge in [0, 0.05) is 12.6 Å². The molecule has 6 nitrogen and oxygen atoms in total. The maximum atomic E-state index is 12.2. The van der Waals surface area contributed by atoms with Crippen molar-refractivity contribution in [3.8, 4) is 0 Å². The highest BCUT2D eigenvalue weighted by atomic mass is 32.1. The number of benzene rings is 1. The smallest absolute Gasteiger partial charge is 0.263 e. The van der Waals surface area contributed by atoms with Crippen LogP contribution in [-0.4, -0.2) is 21.9 Å². The molecule has 2 rings (SSSR count). The molecule has 1 aromatic carbocycles. The van der Waals surface area contributed by atoms with Crippen molar-refractivity contribution in [3.05, 3.63) is 45.9 Å². The van der Waals surface area contributed by atoms with Crippen molar-refractivity contribution in [3.63, 3.8) is 0 Å². The number of aliphatic hydroxyl groups excluding tert-OH is 1. The van der Waals surface area contributed by atoms with Gasteiger partial charge in [0.15, 0.2) is 0 Å². The van der Waals surface area contributed by atoms with Crippen molar-refractivity contribution in [2.24, 2.45) is 0 Å². The third-order valence-electron chi connectivity index (χ3n) is 3.16. The number of anilines is 1. The number of aliphatic hydroxyl groups is 1. The highest BCUT2D eigenvalue weighted by Crippen LogP contribution is 2.21. The van der Waals surface area contributed by atoms with Crippen LogP contribution in [0.5, 0.6) is 0 Å². The fraction of sp³-hybridized carbons (Fsp3) is 0.312. The van der Waals surface area contributed by atoms with Gasteiger partial charge >= 0.3 is 0 Å². The molecule has 0 fully saturated rings. The van der Waals surface area contributed by atoms with Gasteiger partial charge < -0.3 is 15.7 Å². The SMILES string of the molecule is CC(=O)Nc1cccc([C@@H](C)NC(=O)c2cnc([C@H](C)O)s2)c1. The first-order valence-electron chi connectivity index (χ1n) is 7.19. The molecule has 3 N–H and O–H groups in total. The Balaban J connectivity index is 2.07. The minimum absolute atomic E-state index is 0.144. The van der Waals surface area contributed by atoms with Crippen LogP contribution in [0.4, 0.5) is 5.69 Å². The van der Waals surface area contributed by atoms with Gasteiger partial charge in [-0.15, -0.1) is 11.3 Å². The fourth-order valence-corrected chi connectivity index (χ4v) is 2.78. The van der Waals surface area contributed by atoms with Gasteiger partial charge in [0.05, 0.1) is 12.2 Å². The van der Waals surface area contributed by atoms with E-state index in [4.69, 9.17) is 0 Å². The molecule has 0 radical (unpaired) electrons. The largest absolute Gasteiger partial charge is 0.386 e. The van der Waals surface area contributed by atoms with E-state index in [0.29, 0.717) is 15.6 Å². The molecule has 23 heavy (non-hydrogen) atoms. The number of rotatable bonds is 5. The van der Waals surface area contributed by atoms with Crippen LogP contribution in [0.25, 0.3) is 0 Å². The fourth-order valence-electron chi connectivity index (χ4n) is 2.03. The third-order valence-corrected chi connectivity index (χ3v) is 4.33. The summed E-state index contributed by atoms with van der Waals surface area (Å²) in [6.07, 6.45) is 0.774. The molecule has 0 saturated heterocycles. The molecule has 122 valence electrons. The van der Waals surface area contributed by atoms with Crippen molar-refractivity contribution in [2.75, 3.05) is 5.32 Å². The Kier molecular flexibility index (Phi) is 5.46. The number of aromatic nitrogens is 1. The molecule has 0 aliphatic rings. The molecule has 2 amide bonds. The molecule has 2 aromatic rings. The van der Waals surface area contributed by atoms with E-state index in [-0.39, 0.29) is 17.9 Å². The lowest BCUT2D eigenvalue weighted by Crippen LogP contribution is -2.26. The minimum Gasteiger partial charge on any atom is -0.386 e. The molecule has 0 saturated carbocycles. The number of thiazole rings is 1. The first kappa shape index (κ1) is 17.1. The van der Waals surface area contributed by atoms with Crippen molar-refractivity contribution in [2.45, 2.75) is 32.9 Å². The molecule has 2 atom stereocenters. The zero-order valence-corrected chi connectivity index (χ0v) is 14.0. The predicted molar refractivity (Wildman–Crippen MR) is 89.4 cm³/mol. The molecule has 0 unspecified atom stereocenters. The number of nitrogens with zero attached hydrogens (tertiary/aromatic N) is 1. The summed E-state index contributed by atoms with van der Waals surface area (Å²) in [5, 5.41) is 15.6. The van der Waals surface area contributed by atoms with Crippen LogP contribution >= 0.6 is 11.3 Å². The van der Waals surface area contributed by atoms with Crippen molar-refractivity contribution >= 4 is 28.8 Å². The Morgan fingerprint density at radius 2 is 2.04 bits per heavy atom. The van der Waals surface area contributed by atoms with E-state index in [9.17, 15) is 14.7 Å². The van der Waals surface area contributed by atoms with E-state index in [1.165, 1.54) is 24.5 Å². The van der Waals surface area contributed by atoms with Crippen molar-refractivity contribution in [1.29, 1.82) is 0 Å². The summed E-state index contributed by atoms with van der Waals surface area (Å²) in [6.45, 7) is 4.92. The number of amides is 2. The van der Waals surface area contributed by atoms with Gasteiger partial charge in [0.2, 0.25) is 5.91 Å². The first-order chi connectivity index (χ1) is 10.9. The summed E-state index contributed by atoms with van der Waals surface area (Å²) < 4.78 is 0. The highest BCUT2D eigenvalue weighted by Gasteiger charge is 2.16. The molecular formula is C16H19N3O3S. The van der Waals surface area contributed by atoms with Gasteiger partial charge in [-0.25, -0.2) is 4.98 Å². The molecule has 0 aliphatic carbocycles. The minimum atomic E-state index is -0.687. The summed E-state index contributed by atoms with van der Waals surface area (Å²) in [4.78, 5) is 27.8. The normalized spacial score (nSPS) is 13.2. The second-order valence-corrected chi connectivity index (χ2v) is 6.30. The summed E-state index contributed by atoms with van der Waals surface area (Å²) in [5.74, 6) is -0.388. The molecule has 7 heteroatoms. The quantitative estimate of drug-likeness (QED) is 0.784. The molecule has 1 heterocycles. The molecule has 1 aromatic heterocycles. The molecule has 0 bridgehead atoms. The van der Waals surface area contributed by atoms with Gasteiger partial charge in [-0.2, -0.15) is 0 Å². The zero-order chi connectivity index (χ0) is 17.0. The second kappa shape index (κ2) is 7.34. The highest BCUT2D eigenvalue weighted by molar-refractivity contribution is 7.13. The van der Waals surface area contributed by atoms with Crippen LogP contribution in [0.3, 0.4) is 0 Å². The third kappa shape index (κ3) is 4.61. The lowest BCUT2D eigenvalue weighted by Gasteiger charge is -2.15. The Morgan fingerprint density at radius 1 is 1.30 bits per heavy atom. The Bertz CT molecular complexity index is 712. The number of nitrogens with one attached hydrogen (secondary N) is 2. The Labute approximate surface area is 138 Å². The van der Waals surface area contributed by atoms with Gasteiger partial charge in [0.25, 0.3) is 5.91 Å². The first-order valence-corrected chi connectivity index (χ1v) is 8.00. The second-order valence-electron chi connectivity index (χ2n) is 5.24. The molecule has 0 spiro atoms. The average molecular weight is 333 g/mol. The van der Waals surface area contributed by atoms with E-state index in [1.54, 1.807) is 13.0 Å².